The number of nitrogens with zero attached hydrogens (tertiary/aromatic N) is 2. The zero-order valence-corrected chi connectivity index (χ0v) is 13.8. The van der Waals surface area contributed by atoms with Crippen LogP contribution in [0, 0.1) is 13.8 Å². The third kappa shape index (κ3) is 3.73. The normalized spacial score (nSPS) is 11.6. The van der Waals surface area contributed by atoms with Gasteiger partial charge in [0.2, 0.25) is 10.0 Å². The van der Waals surface area contributed by atoms with Gasteiger partial charge >= 0.3 is 0 Å². The van der Waals surface area contributed by atoms with E-state index in [9.17, 15) is 13.2 Å². The van der Waals surface area contributed by atoms with Crippen molar-refractivity contribution in [3.63, 3.8) is 0 Å². The quantitative estimate of drug-likeness (QED) is 0.893. The second-order valence-corrected chi connectivity index (χ2v) is 6.99. The van der Waals surface area contributed by atoms with Crippen molar-refractivity contribution < 1.29 is 8.42 Å². The van der Waals surface area contributed by atoms with Gasteiger partial charge < -0.3 is 0 Å². The molecule has 0 radical (unpaired) electrons. The summed E-state index contributed by atoms with van der Waals surface area (Å²) in [6, 6.07) is 6.05. The minimum absolute atomic E-state index is 0.0698. The van der Waals surface area contributed by atoms with Crippen LogP contribution in [0.2, 0.25) is 5.02 Å². The van der Waals surface area contributed by atoms with Gasteiger partial charge in [0, 0.05) is 23.8 Å². The fraction of sp³-hybridized carbons (Fsp3) is 0.286. The highest BCUT2D eigenvalue weighted by molar-refractivity contribution is 7.89. The van der Waals surface area contributed by atoms with Crippen LogP contribution >= 0.6 is 11.6 Å². The number of hydrogen-bond donors (Lipinski definition) is 1. The van der Waals surface area contributed by atoms with Crippen LogP contribution < -0.4 is 10.3 Å². The third-order valence-electron chi connectivity index (χ3n) is 3.15. The monoisotopic (exact) mass is 341 g/mol. The molecule has 0 saturated heterocycles. The first-order valence-electron chi connectivity index (χ1n) is 6.60. The Bertz CT molecular complexity index is 847. The van der Waals surface area contributed by atoms with Crippen molar-refractivity contribution in [3.8, 4) is 0 Å². The van der Waals surface area contributed by atoms with Crippen molar-refractivity contribution in [3.05, 3.63) is 57.0 Å². The van der Waals surface area contributed by atoms with Crippen LogP contribution in [0.3, 0.4) is 0 Å². The first-order chi connectivity index (χ1) is 10.3. The largest absolute Gasteiger partial charge is 0.268 e. The minimum atomic E-state index is -3.67. The number of aryl methyl sites for hydroxylation is 2. The second kappa shape index (κ2) is 6.60. The van der Waals surface area contributed by atoms with Gasteiger partial charge in [-0.05, 0) is 43.2 Å². The number of hydrogen-bond acceptors (Lipinski definition) is 4. The summed E-state index contributed by atoms with van der Waals surface area (Å²) in [6.07, 6.45) is 1.47. The van der Waals surface area contributed by atoms with E-state index in [4.69, 9.17) is 11.6 Å². The lowest BCUT2D eigenvalue weighted by atomic mass is 10.2. The minimum Gasteiger partial charge on any atom is -0.268 e. The van der Waals surface area contributed by atoms with Gasteiger partial charge in [0.15, 0.2) is 0 Å². The van der Waals surface area contributed by atoms with Crippen molar-refractivity contribution in [2.24, 2.45) is 0 Å². The highest BCUT2D eigenvalue weighted by atomic mass is 35.5. The Balaban J connectivity index is 2.14. The number of aromatic nitrogens is 2. The number of sulfonamides is 1. The van der Waals surface area contributed by atoms with Crippen molar-refractivity contribution >= 4 is 21.6 Å². The lowest BCUT2D eigenvalue weighted by Gasteiger charge is -2.11. The number of halogens is 1. The zero-order chi connectivity index (χ0) is 16.3. The van der Waals surface area contributed by atoms with E-state index in [2.05, 4.69) is 9.82 Å². The molecule has 1 aromatic heterocycles. The first kappa shape index (κ1) is 16.7. The molecule has 8 heteroatoms. The van der Waals surface area contributed by atoms with Gasteiger partial charge in [-0.2, -0.15) is 5.10 Å². The Hall–Kier alpha value is -1.70. The Labute approximate surface area is 133 Å². The molecule has 0 aliphatic carbocycles. The lowest BCUT2D eigenvalue weighted by Crippen LogP contribution is -2.32. The molecular weight excluding hydrogens is 326 g/mol. The molecule has 0 unspecified atom stereocenters. The molecule has 0 saturated carbocycles. The zero-order valence-electron chi connectivity index (χ0n) is 12.2. The number of nitrogens with one attached hydrogen (secondary N) is 1. The molecule has 0 aliphatic rings. The first-order valence-corrected chi connectivity index (χ1v) is 8.46. The van der Waals surface area contributed by atoms with Gasteiger partial charge in [0.05, 0.1) is 11.4 Å². The fourth-order valence-corrected chi connectivity index (χ4v) is 3.51. The lowest BCUT2D eigenvalue weighted by molar-refractivity contribution is 0.547. The Morgan fingerprint density at radius 1 is 1.27 bits per heavy atom. The second-order valence-electron chi connectivity index (χ2n) is 4.85. The predicted molar refractivity (Wildman–Crippen MR) is 84.6 cm³/mol. The molecule has 0 spiro atoms. The topological polar surface area (TPSA) is 81.1 Å². The van der Waals surface area contributed by atoms with E-state index in [1.54, 1.807) is 19.9 Å². The van der Waals surface area contributed by atoms with Crippen molar-refractivity contribution in [2.75, 3.05) is 6.54 Å². The van der Waals surface area contributed by atoms with Crippen LogP contribution in [0.25, 0.3) is 0 Å². The van der Waals surface area contributed by atoms with E-state index in [1.807, 2.05) is 0 Å². The molecule has 0 aliphatic heterocycles. The van der Waals surface area contributed by atoms with Crippen LogP contribution in [0.4, 0.5) is 0 Å². The Morgan fingerprint density at radius 2 is 2.00 bits per heavy atom. The Morgan fingerprint density at radius 3 is 2.68 bits per heavy atom. The molecule has 0 bridgehead atoms. The van der Waals surface area contributed by atoms with Crippen molar-refractivity contribution in [1.29, 1.82) is 0 Å². The molecule has 1 N–H and O–H groups in total. The molecular formula is C14H16ClN3O3S. The van der Waals surface area contributed by atoms with Crippen LogP contribution in [-0.4, -0.2) is 24.7 Å². The van der Waals surface area contributed by atoms with Crippen molar-refractivity contribution in [1.82, 2.24) is 14.5 Å². The van der Waals surface area contributed by atoms with E-state index < -0.39 is 10.0 Å². The van der Waals surface area contributed by atoms with Crippen LogP contribution in [0.1, 0.15) is 11.1 Å². The molecule has 6 nitrogen and oxygen atoms in total. The van der Waals surface area contributed by atoms with Crippen LogP contribution in [0.15, 0.2) is 40.2 Å². The molecule has 118 valence electrons. The predicted octanol–water partition coefficient (Wildman–Crippen LogP) is 1.49. The molecule has 0 fully saturated rings. The highest BCUT2D eigenvalue weighted by Crippen LogP contribution is 2.23. The van der Waals surface area contributed by atoms with E-state index in [0.717, 1.165) is 0 Å². The summed E-state index contributed by atoms with van der Waals surface area (Å²) < 4.78 is 28.3. The summed E-state index contributed by atoms with van der Waals surface area (Å²) in [5.41, 5.74) is 0.979. The summed E-state index contributed by atoms with van der Waals surface area (Å²) in [4.78, 5) is 11.7. The molecule has 1 heterocycles. The number of benzene rings is 1. The summed E-state index contributed by atoms with van der Waals surface area (Å²) in [5, 5.41) is 4.39. The third-order valence-corrected chi connectivity index (χ3v) is 5.16. The summed E-state index contributed by atoms with van der Waals surface area (Å²) in [7, 11) is -3.67. The highest BCUT2D eigenvalue weighted by Gasteiger charge is 2.17. The van der Waals surface area contributed by atoms with Gasteiger partial charge in [-0.1, -0.05) is 11.6 Å². The van der Waals surface area contributed by atoms with E-state index in [1.165, 1.54) is 29.1 Å². The van der Waals surface area contributed by atoms with Gasteiger partial charge in [0.1, 0.15) is 0 Å². The van der Waals surface area contributed by atoms with Crippen LogP contribution in [-0.2, 0) is 16.6 Å². The molecule has 2 aromatic rings. The van der Waals surface area contributed by atoms with E-state index in [-0.39, 0.29) is 23.5 Å². The van der Waals surface area contributed by atoms with Gasteiger partial charge in [-0.3, -0.25) is 4.79 Å². The maximum absolute atomic E-state index is 12.3. The smallest absolute Gasteiger partial charge is 0.266 e. The molecule has 0 atom stereocenters. The van der Waals surface area contributed by atoms with E-state index >= 15 is 0 Å². The average molecular weight is 342 g/mol. The van der Waals surface area contributed by atoms with Crippen LogP contribution in [0.5, 0.6) is 0 Å². The molecule has 2 rings (SSSR count). The summed E-state index contributed by atoms with van der Waals surface area (Å²) in [5.74, 6) is 0. The van der Waals surface area contributed by atoms with Gasteiger partial charge in [-0.25, -0.2) is 17.8 Å². The SMILES string of the molecule is Cc1cc(S(=O)(=O)NCCn2ncccc2=O)c(C)cc1Cl. The molecule has 22 heavy (non-hydrogen) atoms. The Kier molecular flexibility index (Phi) is 5.00. The van der Waals surface area contributed by atoms with E-state index in [0.29, 0.717) is 16.1 Å². The molecule has 1 aromatic carbocycles. The van der Waals surface area contributed by atoms with Gasteiger partial charge in [-0.15, -0.1) is 0 Å². The van der Waals surface area contributed by atoms with Gasteiger partial charge in [0.25, 0.3) is 5.56 Å². The standard InChI is InChI=1S/C14H16ClN3O3S/c1-10-9-13(11(2)8-12(10)15)22(20,21)17-6-7-18-14(19)4-3-5-16-18/h3-5,8-9,17H,6-7H2,1-2H3. The number of rotatable bonds is 5. The average Bonchev–Trinajstić information content (AvgIpc) is 2.44. The van der Waals surface area contributed by atoms with Crippen molar-refractivity contribution in [2.45, 2.75) is 25.3 Å². The maximum atomic E-state index is 12.3. The molecule has 0 amide bonds. The maximum Gasteiger partial charge on any atom is 0.266 e. The summed E-state index contributed by atoms with van der Waals surface area (Å²) in [6.45, 7) is 3.66. The summed E-state index contributed by atoms with van der Waals surface area (Å²) >= 11 is 5.98. The fourth-order valence-electron chi connectivity index (χ4n) is 1.96.